The Labute approximate surface area is 92.5 Å². The topological polar surface area (TPSA) is 9.23 Å². The molecule has 1 aliphatic heterocycles. The fraction of sp³-hybridized carbons (Fsp3) is 0.571. The molecule has 1 heteroatoms. The lowest BCUT2D eigenvalue weighted by Crippen LogP contribution is -2.26. The predicted octanol–water partition coefficient (Wildman–Crippen LogP) is 3.84. The van der Waals surface area contributed by atoms with Gasteiger partial charge in [0.25, 0.3) is 0 Å². The summed E-state index contributed by atoms with van der Waals surface area (Å²) >= 11 is 0. The Bertz CT molecular complexity index is 333. The van der Waals surface area contributed by atoms with Crippen LogP contribution in [0.4, 0.5) is 0 Å². The van der Waals surface area contributed by atoms with Crippen molar-refractivity contribution < 1.29 is 4.74 Å². The fourth-order valence-corrected chi connectivity index (χ4v) is 2.36. The van der Waals surface area contributed by atoms with Crippen LogP contribution in [0.3, 0.4) is 0 Å². The van der Waals surface area contributed by atoms with Crippen LogP contribution in [-0.2, 0) is 4.74 Å². The second kappa shape index (κ2) is 3.88. The lowest BCUT2D eigenvalue weighted by Gasteiger charge is -2.36. The zero-order chi connectivity index (χ0) is 10.9. The summed E-state index contributed by atoms with van der Waals surface area (Å²) in [5.41, 5.74) is 1.65. The molecule has 0 aromatic heterocycles. The molecule has 1 atom stereocenters. The van der Waals surface area contributed by atoms with Gasteiger partial charge in [-0.15, -0.1) is 0 Å². The largest absolute Gasteiger partial charge is 0.494 e. The van der Waals surface area contributed by atoms with Crippen molar-refractivity contribution in [2.75, 3.05) is 6.61 Å². The molecular weight excluding hydrogens is 184 g/mol. The number of rotatable bonds is 1. The number of hydrogen-bond donors (Lipinski definition) is 0. The van der Waals surface area contributed by atoms with Crippen LogP contribution in [0.15, 0.2) is 35.6 Å². The standard InChI is InChI=1S/C14H20O/c1-11(2)14(3)9-5-4-8-13-12(14)7-6-10-15-13/h4-5,8-9,11H,6-7,10H2,1-3H3. The molecular formula is C14H20O. The quantitative estimate of drug-likeness (QED) is 0.630. The summed E-state index contributed by atoms with van der Waals surface area (Å²) in [7, 11) is 0. The summed E-state index contributed by atoms with van der Waals surface area (Å²) in [6.07, 6.45) is 11.0. The highest BCUT2D eigenvalue weighted by molar-refractivity contribution is 5.36. The van der Waals surface area contributed by atoms with Gasteiger partial charge >= 0.3 is 0 Å². The molecule has 2 rings (SSSR count). The van der Waals surface area contributed by atoms with E-state index in [1.165, 1.54) is 12.0 Å². The first-order chi connectivity index (χ1) is 7.14. The molecule has 2 aliphatic rings. The van der Waals surface area contributed by atoms with Gasteiger partial charge in [0, 0.05) is 5.41 Å². The third kappa shape index (κ3) is 1.75. The third-order valence-corrected chi connectivity index (χ3v) is 3.78. The molecule has 0 aromatic carbocycles. The van der Waals surface area contributed by atoms with Gasteiger partial charge in [-0.1, -0.05) is 39.0 Å². The normalized spacial score (nSPS) is 30.1. The van der Waals surface area contributed by atoms with Crippen LogP contribution in [0, 0.1) is 11.3 Å². The summed E-state index contributed by atoms with van der Waals surface area (Å²) in [6, 6.07) is 0. The van der Waals surface area contributed by atoms with Gasteiger partial charge in [0.2, 0.25) is 0 Å². The highest BCUT2D eigenvalue weighted by Crippen LogP contribution is 2.43. The van der Waals surface area contributed by atoms with Crippen molar-refractivity contribution in [3.05, 3.63) is 35.6 Å². The van der Waals surface area contributed by atoms with Crippen LogP contribution in [0.25, 0.3) is 0 Å². The lowest BCUT2D eigenvalue weighted by atomic mass is 9.70. The van der Waals surface area contributed by atoms with E-state index < -0.39 is 0 Å². The van der Waals surface area contributed by atoms with Crippen LogP contribution in [-0.4, -0.2) is 6.61 Å². The average Bonchev–Trinajstić information content (AvgIpc) is 2.40. The average molecular weight is 204 g/mol. The van der Waals surface area contributed by atoms with E-state index in [2.05, 4.69) is 45.1 Å². The molecule has 0 bridgehead atoms. The highest BCUT2D eigenvalue weighted by Gasteiger charge is 2.34. The number of ether oxygens (including phenoxy) is 1. The third-order valence-electron chi connectivity index (χ3n) is 3.78. The molecule has 0 N–H and O–H groups in total. The molecule has 0 radical (unpaired) electrons. The molecule has 0 fully saturated rings. The van der Waals surface area contributed by atoms with E-state index >= 15 is 0 Å². The molecule has 0 amide bonds. The minimum absolute atomic E-state index is 0.166. The summed E-state index contributed by atoms with van der Waals surface area (Å²) in [4.78, 5) is 0. The van der Waals surface area contributed by atoms with Crippen molar-refractivity contribution >= 4 is 0 Å². The Hall–Kier alpha value is -0.980. The fourth-order valence-electron chi connectivity index (χ4n) is 2.36. The van der Waals surface area contributed by atoms with E-state index in [4.69, 9.17) is 4.74 Å². The molecule has 0 spiro atoms. The molecule has 82 valence electrons. The molecule has 1 heterocycles. The second-order valence-corrected chi connectivity index (χ2v) is 4.95. The zero-order valence-corrected chi connectivity index (χ0v) is 9.92. The monoisotopic (exact) mass is 204 g/mol. The van der Waals surface area contributed by atoms with Gasteiger partial charge in [-0.3, -0.25) is 0 Å². The maximum Gasteiger partial charge on any atom is 0.119 e. The van der Waals surface area contributed by atoms with E-state index in [1.54, 1.807) is 0 Å². The minimum atomic E-state index is 0.166. The summed E-state index contributed by atoms with van der Waals surface area (Å²) in [5, 5.41) is 0. The Balaban J connectivity index is 2.46. The highest BCUT2D eigenvalue weighted by atomic mass is 16.5. The Morgan fingerprint density at radius 3 is 2.87 bits per heavy atom. The SMILES string of the molecule is CC(C)C1(C)C=CC=CC2=C1CCCO2. The van der Waals surface area contributed by atoms with Gasteiger partial charge in [-0.25, -0.2) is 0 Å². The lowest BCUT2D eigenvalue weighted by molar-refractivity contribution is 0.179. The van der Waals surface area contributed by atoms with E-state index in [0.29, 0.717) is 5.92 Å². The predicted molar refractivity (Wildman–Crippen MR) is 63.4 cm³/mol. The van der Waals surface area contributed by atoms with Gasteiger partial charge in [0.05, 0.1) is 6.61 Å². The first-order valence-electron chi connectivity index (χ1n) is 5.87. The van der Waals surface area contributed by atoms with E-state index in [9.17, 15) is 0 Å². The molecule has 1 aliphatic carbocycles. The zero-order valence-electron chi connectivity index (χ0n) is 9.92. The summed E-state index contributed by atoms with van der Waals surface area (Å²) < 4.78 is 5.76. The maximum atomic E-state index is 5.76. The van der Waals surface area contributed by atoms with Gasteiger partial charge < -0.3 is 4.74 Å². The van der Waals surface area contributed by atoms with Crippen molar-refractivity contribution in [1.29, 1.82) is 0 Å². The van der Waals surface area contributed by atoms with Crippen LogP contribution < -0.4 is 0 Å². The van der Waals surface area contributed by atoms with Crippen molar-refractivity contribution in [3.8, 4) is 0 Å². The van der Waals surface area contributed by atoms with Crippen LogP contribution in [0.1, 0.15) is 33.6 Å². The van der Waals surface area contributed by atoms with Crippen molar-refractivity contribution in [3.63, 3.8) is 0 Å². The molecule has 0 saturated carbocycles. The van der Waals surface area contributed by atoms with E-state index in [-0.39, 0.29) is 5.41 Å². The smallest absolute Gasteiger partial charge is 0.119 e. The van der Waals surface area contributed by atoms with Crippen molar-refractivity contribution in [2.45, 2.75) is 33.6 Å². The van der Waals surface area contributed by atoms with E-state index in [1.807, 2.05) is 0 Å². The number of hydrogen-bond acceptors (Lipinski definition) is 1. The Morgan fingerprint density at radius 2 is 2.13 bits per heavy atom. The van der Waals surface area contributed by atoms with Crippen molar-refractivity contribution in [1.82, 2.24) is 0 Å². The molecule has 0 saturated heterocycles. The van der Waals surface area contributed by atoms with Gasteiger partial charge in [0.1, 0.15) is 5.76 Å². The number of allylic oxidation sites excluding steroid dienone is 5. The molecule has 1 nitrogen and oxygen atoms in total. The molecule has 1 unspecified atom stereocenters. The van der Waals surface area contributed by atoms with Gasteiger partial charge in [-0.2, -0.15) is 0 Å². The summed E-state index contributed by atoms with van der Waals surface area (Å²) in [5.74, 6) is 1.72. The maximum absolute atomic E-state index is 5.76. The van der Waals surface area contributed by atoms with E-state index in [0.717, 1.165) is 18.8 Å². The molecule has 15 heavy (non-hydrogen) atoms. The Morgan fingerprint density at radius 1 is 1.33 bits per heavy atom. The molecule has 0 aromatic rings. The summed E-state index contributed by atoms with van der Waals surface area (Å²) in [6.45, 7) is 7.77. The van der Waals surface area contributed by atoms with Crippen LogP contribution >= 0.6 is 0 Å². The van der Waals surface area contributed by atoms with Crippen molar-refractivity contribution in [2.24, 2.45) is 11.3 Å². The first kappa shape index (κ1) is 10.5. The van der Waals surface area contributed by atoms with Crippen LogP contribution in [0.2, 0.25) is 0 Å². The van der Waals surface area contributed by atoms with Gasteiger partial charge in [-0.05, 0) is 30.4 Å². The van der Waals surface area contributed by atoms with Crippen LogP contribution in [0.5, 0.6) is 0 Å². The Kier molecular flexibility index (Phi) is 2.72. The van der Waals surface area contributed by atoms with Gasteiger partial charge in [0.15, 0.2) is 0 Å². The first-order valence-corrected chi connectivity index (χ1v) is 5.87. The second-order valence-electron chi connectivity index (χ2n) is 4.95. The minimum Gasteiger partial charge on any atom is -0.494 e.